The summed E-state index contributed by atoms with van der Waals surface area (Å²) in [4.78, 5) is 3.83. The SMILES string of the molecule is Fc1cccc(NCc2cc(CN3CCCCC3)cs2)c1. The van der Waals surface area contributed by atoms with E-state index in [-0.39, 0.29) is 5.82 Å². The van der Waals surface area contributed by atoms with Gasteiger partial charge in [-0.25, -0.2) is 4.39 Å². The fourth-order valence-corrected chi connectivity index (χ4v) is 3.59. The van der Waals surface area contributed by atoms with Crippen molar-refractivity contribution in [2.45, 2.75) is 32.4 Å². The highest BCUT2D eigenvalue weighted by molar-refractivity contribution is 7.10. The lowest BCUT2D eigenvalue weighted by Gasteiger charge is -2.25. The van der Waals surface area contributed by atoms with Crippen LogP contribution in [0.3, 0.4) is 0 Å². The maximum atomic E-state index is 13.1. The predicted octanol–water partition coefficient (Wildman–Crippen LogP) is 4.49. The highest BCUT2D eigenvalue weighted by atomic mass is 32.1. The Labute approximate surface area is 129 Å². The summed E-state index contributed by atoms with van der Waals surface area (Å²) in [6, 6.07) is 8.89. The number of hydrogen-bond donors (Lipinski definition) is 1. The highest BCUT2D eigenvalue weighted by Crippen LogP contribution is 2.20. The molecule has 1 N–H and O–H groups in total. The average Bonchev–Trinajstić information content (AvgIpc) is 2.94. The molecule has 1 aliphatic heterocycles. The smallest absolute Gasteiger partial charge is 0.125 e. The number of piperidine rings is 1. The Balaban J connectivity index is 1.52. The van der Waals surface area contributed by atoms with Crippen LogP contribution in [0.25, 0.3) is 0 Å². The van der Waals surface area contributed by atoms with Gasteiger partial charge in [-0.2, -0.15) is 0 Å². The van der Waals surface area contributed by atoms with Gasteiger partial charge in [0.2, 0.25) is 0 Å². The third kappa shape index (κ3) is 4.29. The van der Waals surface area contributed by atoms with Gasteiger partial charge in [-0.15, -0.1) is 11.3 Å². The quantitative estimate of drug-likeness (QED) is 0.876. The van der Waals surface area contributed by atoms with Crippen LogP contribution >= 0.6 is 11.3 Å². The van der Waals surface area contributed by atoms with Crippen LogP contribution in [0, 0.1) is 5.82 Å². The fourth-order valence-electron chi connectivity index (χ4n) is 2.77. The third-order valence-corrected chi connectivity index (χ3v) is 4.84. The summed E-state index contributed by atoms with van der Waals surface area (Å²) in [7, 11) is 0. The molecular weight excluding hydrogens is 283 g/mol. The van der Waals surface area contributed by atoms with Gasteiger partial charge in [0.05, 0.1) is 0 Å². The Morgan fingerprint density at radius 2 is 2.00 bits per heavy atom. The van der Waals surface area contributed by atoms with Gasteiger partial charge in [0.25, 0.3) is 0 Å². The Kier molecular flexibility index (Phi) is 4.88. The molecule has 1 aromatic heterocycles. The van der Waals surface area contributed by atoms with Crippen molar-refractivity contribution < 1.29 is 4.39 Å². The number of hydrogen-bond acceptors (Lipinski definition) is 3. The molecule has 1 aliphatic rings. The van der Waals surface area contributed by atoms with E-state index in [0.717, 1.165) is 18.8 Å². The maximum Gasteiger partial charge on any atom is 0.125 e. The van der Waals surface area contributed by atoms with E-state index in [1.165, 1.54) is 54.9 Å². The normalized spacial score (nSPS) is 16.0. The van der Waals surface area contributed by atoms with Crippen LogP contribution in [0.5, 0.6) is 0 Å². The van der Waals surface area contributed by atoms with Crippen molar-refractivity contribution in [2.24, 2.45) is 0 Å². The molecule has 0 aliphatic carbocycles. The standard InChI is InChI=1S/C17H21FN2S/c18-15-5-4-6-16(10-15)19-11-17-9-14(13-21-17)12-20-7-2-1-3-8-20/h4-6,9-10,13,19H,1-3,7-8,11-12H2. The third-order valence-electron chi connectivity index (χ3n) is 3.85. The Morgan fingerprint density at radius 1 is 1.14 bits per heavy atom. The zero-order chi connectivity index (χ0) is 14.5. The molecule has 1 aromatic carbocycles. The minimum atomic E-state index is -0.197. The van der Waals surface area contributed by atoms with Crippen molar-refractivity contribution in [3.8, 4) is 0 Å². The molecule has 4 heteroatoms. The van der Waals surface area contributed by atoms with E-state index in [2.05, 4.69) is 21.7 Å². The number of anilines is 1. The lowest BCUT2D eigenvalue weighted by molar-refractivity contribution is 0.221. The van der Waals surface area contributed by atoms with Crippen LogP contribution in [-0.2, 0) is 13.1 Å². The lowest BCUT2D eigenvalue weighted by Crippen LogP contribution is -2.28. The van der Waals surface area contributed by atoms with Crippen LogP contribution in [0.1, 0.15) is 29.7 Å². The number of benzene rings is 1. The summed E-state index contributed by atoms with van der Waals surface area (Å²) in [6.45, 7) is 4.28. The summed E-state index contributed by atoms with van der Waals surface area (Å²) in [5.41, 5.74) is 2.24. The molecule has 112 valence electrons. The topological polar surface area (TPSA) is 15.3 Å². The first-order valence-corrected chi connectivity index (χ1v) is 8.46. The summed E-state index contributed by atoms with van der Waals surface area (Å²) in [5, 5.41) is 5.52. The van der Waals surface area contributed by atoms with Crippen LogP contribution in [0.2, 0.25) is 0 Å². The first-order valence-electron chi connectivity index (χ1n) is 7.58. The zero-order valence-corrected chi connectivity index (χ0v) is 13.0. The maximum absolute atomic E-state index is 13.1. The molecule has 0 radical (unpaired) electrons. The molecule has 0 bridgehead atoms. The van der Waals surface area contributed by atoms with E-state index >= 15 is 0 Å². The molecular formula is C17H21FN2S. The fraction of sp³-hybridized carbons (Fsp3) is 0.412. The molecule has 3 rings (SSSR count). The van der Waals surface area contributed by atoms with Gasteiger partial charge in [0.1, 0.15) is 5.82 Å². The van der Waals surface area contributed by atoms with Crippen molar-refractivity contribution in [3.63, 3.8) is 0 Å². The predicted molar refractivity (Wildman–Crippen MR) is 87.2 cm³/mol. The number of rotatable bonds is 5. The molecule has 2 nitrogen and oxygen atoms in total. The van der Waals surface area contributed by atoms with Gasteiger partial charge in [-0.1, -0.05) is 12.5 Å². The molecule has 0 amide bonds. The highest BCUT2D eigenvalue weighted by Gasteiger charge is 2.11. The number of halogens is 1. The summed E-state index contributed by atoms with van der Waals surface area (Å²) >= 11 is 1.78. The zero-order valence-electron chi connectivity index (χ0n) is 12.1. The van der Waals surface area contributed by atoms with E-state index in [0.29, 0.717) is 0 Å². The van der Waals surface area contributed by atoms with Crippen molar-refractivity contribution in [1.29, 1.82) is 0 Å². The van der Waals surface area contributed by atoms with E-state index in [4.69, 9.17) is 0 Å². The van der Waals surface area contributed by atoms with E-state index in [1.54, 1.807) is 17.4 Å². The molecule has 1 saturated heterocycles. The number of nitrogens with zero attached hydrogens (tertiary/aromatic N) is 1. The molecule has 0 unspecified atom stereocenters. The second kappa shape index (κ2) is 7.05. The average molecular weight is 304 g/mol. The minimum absolute atomic E-state index is 0.197. The summed E-state index contributed by atoms with van der Waals surface area (Å²) < 4.78 is 13.1. The van der Waals surface area contributed by atoms with Gasteiger partial charge in [0, 0.05) is 23.7 Å². The van der Waals surface area contributed by atoms with Gasteiger partial charge in [-0.05, 0) is 61.1 Å². The van der Waals surface area contributed by atoms with Crippen molar-refractivity contribution in [1.82, 2.24) is 4.90 Å². The van der Waals surface area contributed by atoms with E-state index in [1.807, 2.05) is 6.07 Å². The first-order chi connectivity index (χ1) is 10.3. The van der Waals surface area contributed by atoms with Crippen LogP contribution in [0.4, 0.5) is 10.1 Å². The molecule has 0 saturated carbocycles. The number of likely N-dealkylation sites (tertiary alicyclic amines) is 1. The van der Waals surface area contributed by atoms with Gasteiger partial charge >= 0.3 is 0 Å². The van der Waals surface area contributed by atoms with Gasteiger partial charge < -0.3 is 5.32 Å². The molecule has 1 fully saturated rings. The molecule has 21 heavy (non-hydrogen) atoms. The summed E-state index contributed by atoms with van der Waals surface area (Å²) in [5.74, 6) is -0.197. The van der Waals surface area contributed by atoms with E-state index < -0.39 is 0 Å². The van der Waals surface area contributed by atoms with Crippen molar-refractivity contribution >= 4 is 17.0 Å². The molecule has 2 heterocycles. The largest absolute Gasteiger partial charge is 0.380 e. The Morgan fingerprint density at radius 3 is 2.81 bits per heavy atom. The second-order valence-electron chi connectivity index (χ2n) is 5.62. The molecule has 2 aromatic rings. The number of nitrogens with one attached hydrogen (secondary N) is 1. The van der Waals surface area contributed by atoms with Crippen molar-refractivity contribution in [2.75, 3.05) is 18.4 Å². The van der Waals surface area contributed by atoms with Gasteiger partial charge in [0.15, 0.2) is 0 Å². The monoisotopic (exact) mass is 304 g/mol. The number of thiophene rings is 1. The van der Waals surface area contributed by atoms with E-state index in [9.17, 15) is 4.39 Å². The lowest BCUT2D eigenvalue weighted by atomic mass is 10.1. The Hall–Kier alpha value is -1.39. The van der Waals surface area contributed by atoms with Crippen LogP contribution in [0.15, 0.2) is 35.7 Å². The minimum Gasteiger partial charge on any atom is -0.380 e. The first kappa shape index (κ1) is 14.5. The van der Waals surface area contributed by atoms with Crippen LogP contribution in [-0.4, -0.2) is 18.0 Å². The van der Waals surface area contributed by atoms with Crippen molar-refractivity contribution in [3.05, 3.63) is 52.0 Å². The summed E-state index contributed by atoms with van der Waals surface area (Å²) in [6.07, 6.45) is 4.04. The van der Waals surface area contributed by atoms with Gasteiger partial charge in [-0.3, -0.25) is 4.90 Å². The molecule has 0 spiro atoms. The Bertz CT molecular complexity index is 576. The second-order valence-corrected chi connectivity index (χ2v) is 6.62. The van der Waals surface area contributed by atoms with Crippen LogP contribution < -0.4 is 5.32 Å². The molecule has 0 atom stereocenters.